The second-order valence-corrected chi connectivity index (χ2v) is 10.6. The van der Waals surface area contributed by atoms with E-state index in [1.807, 2.05) is 0 Å². The van der Waals surface area contributed by atoms with Gasteiger partial charge in [-0.05, 0) is 19.9 Å². The first-order chi connectivity index (χ1) is 14.0. The lowest BCUT2D eigenvalue weighted by atomic mass is 9.82. The zero-order chi connectivity index (χ0) is 22.3. The molecule has 1 aliphatic carbocycles. The minimum Gasteiger partial charge on any atom is -0.292 e. The average Bonchev–Trinajstić information content (AvgIpc) is 2.78. The van der Waals surface area contributed by atoms with Crippen molar-refractivity contribution >= 4 is 37.6 Å². The van der Waals surface area contributed by atoms with Gasteiger partial charge in [-0.3, -0.25) is 22.7 Å². The Bertz CT molecular complexity index is 1180. The summed E-state index contributed by atoms with van der Waals surface area (Å²) in [4.78, 5) is 38.7. The number of carbonyl (C=O) groups excluding carboxylic acids is 3. The van der Waals surface area contributed by atoms with E-state index >= 15 is 0 Å². The van der Waals surface area contributed by atoms with Crippen molar-refractivity contribution in [2.45, 2.75) is 24.3 Å². The summed E-state index contributed by atoms with van der Waals surface area (Å²) in [6.07, 6.45) is 0.794. The van der Waals surface area contributed by atoms with Crippen LogP contribution in [0.4, 0.5) is 0 Å². The Labute approximate surface area is 173 Å². The summed E-state index contributed by atoms with van der Waals surface area (Å²) in [7, 11) is -10.2. The van der Waals surface area contributed by atoms with Gasteiger partial charge in [0.05, 0.1) is 13.2 Å². The topological polar surface area (TPSA) is 138 Å². The van der Waals surface area contributed by atoms with Gasteiger partial charge in [0.2, 0.25) is 0 Å². The molecule has 0 amide bonds. The molecule has 30 heavy (non-hydrogen) atoms. The molecule has 0 aromatic heterocycles. The van der Waals surface area contributed by atoms with Crippen LogP contribution in [0.25, 0.3) is 0 Å². The van der Waals surface area contributed by atoms with Crippen molar-refractivity contribution < 1.29 is 39.6 Å². The third-order valence-corrected chi connectivity index (χ3v) is 9.44. The summed E-state index contributed by atoms with van der Waals surface area (Å²) >= 11 is 0. The van der Waals surface area contributed by atoms with E-state index in [1.54, 1.807) is 6.07 Å². The molecule has 1 heterocycles. The van der Waals surface area contributed by atoms with Crippen LogP contribution in [-0.2, 0) is 33.4 Å². The van der Waals surface area contributed by atoms with Gasteiger partial charge in [0.15, 0.2) is 17.3 Å². The van der Waals surface area contributed by atoms with Crippen LogP contribution in [0.1, 0.15) is 41.0 Å². The lowest BCUT2D eigenvalue weighted by Crippen LogP contribution is -2.53. The van der Waals surface area contributed by atoms with Gasteiger partial charge in [-0.1, -0.05) is 30.3 Å². The first-order valence-electron chi connectivity index (χ1n) is 8.83. The Morgan fingerprint density at radius 3 is 2.00 bits per heavy atom. The molecular formula is C19H18O9S2. The zero-order valence-electron chi connectivity index (χ0n) is 16.1. The fraction of sp³-hybridized carbons (Fsp3) is 0.316. The fourth-order valence-electron chi connectivity index (χ4n) is 3.39. The van der Waals surface area contributed by atoms with Crippen LogP contribution in [-0.4, -0.2) is 51.5 Å². The molecule has 1 aromatic rings. The highest BCUT2D eigenvalue weighted by Gasteiger charge is 2.64. The van der Waals surface area contributed by atoms with Crippen molar-refractivity contribution in [3.05, 3.63) is 58.7 Å². The van der Waals surface area contributed by atoms with E-state index in [9.17, 15) is 31.2 Å². The number of benzene rings is 1. The molecule has 1 fully saturated rings. The normalized spacial score (nSPS) is 22.6. The number of carbonyl (C=O) groups is 3. The molecule has 0 unspecified atom stereocenters. The fourth-order valence-corrected chi connectivity index (χ4v) is 6.90. The van der Waals surface area contributed by atoms with Crippen molar-refractivity contribution in [2.75, 3.05) is 13.2 Å². The number of fused-ring (bicyclic) bond motifs is 1. The molecule has 0 spiro atoms. The van der Waals surface area contributed by atoms with Crippen molar-refractivity contribution in [2.24, 2.45) is 0 Å². The summed E-state index contributed by atoms with van der Waals surface area (Å²) < 4.78 is 57.8. The van der Waals surface area contributed by atoms with E-state index in [2.05, 4.69) is 0 Å². The third-order valence-electron chi connectivity index (χ3n) is 4.95. The number of Topliss-reactive ketones (excluding diaryl/α,β-unsaturated/α-hetero) is 2. The second kappa shape index (κ2) is 7.65. The monoisotopic (exact) mass is 454 g/mol. The molecule has 9 nitrogen and oxygen atoms in total. The van der Waals surface area contributed by atoms with Gasteiger partial charge < -0.3 is 0 Å². The molecule has 11 heteroatoms. The SMILES string of the molecule is C/C=C/C(=O)C1(CC2=C(C)C(=O)c3ccccc3C2=O)S(=O)(=O)OCCOS1(=O)=O. The largest absolute Gasteiger partial charge is 0.298 e. The smallest absolute Gasteiger partial charge is 0.292 e. The van der Waals surface area contributed by atoms with Crippen LogP contribution in [0, 0.1) is 0 Å². The summed E-state index contributed by atoms with van der Waals surface area (Å²) in [5.41, 5.74) is -0.461. The maximum absolute atomic E-state index is 13.1. The number of allylic oxidation sites excluding steroid dienone is 4. The van der Waals surface area contributed by atoms with Gasteiger partial charge in [-0.25, -0.2) is 0 Å². The number of ketones is 3. The number of hydrogen-bond acceptors (Lipinski definition) is 9. The van der Waals surface area contributed by atoms with E-state index in [-0.39, 0.29) is 16.7 Å². The molecule has 0 radical (unpaired) electrons. The van der Waals surface area contributed by atoms with Crippen molar-refractivity contribution in [3.63, 3.8) is 0 Å². The van der Waals surface area contributed by atoms with Gasteiger partial charge >= 0.3 is 0 Å². The highest BCUT2D eigenvalue weighted by atomic mass is 32.3. The van der Waals surface area contributed by atoms with E-state index in [4.69, 9.17) is 8.37 Å². The quantitative estimate of drug-likeness (QED) is 0.487. The van der Waals surface area contributed by atoms with Gasteiger partial charge in [0.1, 0.15) is 0 Å². The Balaban J connectivity index is 2.30. The van der Waals surface area contributed by atoms with Gasteiger partial charge in [-0.2, -0.15) is 16.8 Å². The second-order valence-electron chi connectivity index (χ2n) is 6.65. The predicted molar refractivity (Wildman–Crippen MR) is 105 cm³/mol. The Hall–Kier alpha value is -2.47. The Morgan fingerprint density at radius 1 is 1.00 bits per heavy atom. The highest BCUT2D eigenvalue weighted by molar-refractivity contribution is 8.07. The average molecular weight is 454 g/mol. The van der Waals surface area contributed by atoms with Crippen molar-refractivity contribution in [1.29, 1.82) is 0 Å². The van der Waals surface area contributed by atoms with Crippen LogP contribution in [0.5, 0.6) is 0 Å². The van der Waals surface area contributed by atoms with Crippen LogP contribution in [0.2, 0.25) is 0 Å². The predicted octanol–water partition coefficient (Wildman–Crippen LogP) is 1.32. The molecule has 3 rings (SSSR count). The minimum atomic E-state index is -5.10. The standard InChI is InChI=1S/C19H18O9S2/c1-3-6-16(20)19(29(23,24)27-9-10-28-30(19,25)26)11-15-12(2)17(21)13-7-4-5-8-14(13)18(15)22/h3-8H,9-11H2,1-2H3/b6-3+. The molecule has 0 saturated carbocycles. The molecule has 1 aromatic carbocycles. The van der Waals surface area contributed by atoms with Gasteiger partial charge in [0.25, 0.3) is 24.3 Å². The first kappa shape index (κ1) is 22.2. The maximum Gasteiger partial charge on any atom is 0.298 e. The van der Waals surface area contributed by atoms with Gasteiger partial charge in [0, 0.05) is 28.7 Å². The summed E-state index contributed by atoms with van der Waals surface area (Å²) in [5.74, 6) is -2.67. The van der Waals surface area contributed by atoms with Gasteiger partial charge in [-0.15, -0.1) is 0 Å². The van der Waals surface area contributed by atoms with Crippen molar-refractivity contribution in [3.8, 4) is 0 Å². The minimum absolute atomic E-state index is 0.0120. The summed E-state index contributed by atoms with van der Waals surface area (Å²) in [6.45, 7) is 1.41. The Morgan fingerprint density at radius 2 is 1.50 bits per heavy atom. The molecular weight excluding hydrogens is 436 g/mol. The van der Waals surface area contributed by atoms with E-state index in [1.165, 1.54) is 32.0 Å². The van der Waals surface area contributed by atoms with Crippen molar-refractivity contribution in [1.82, 2.24) is 0 Å². The first-order valence-corrected chi connectivity index (χ1v) is 11.6. The lowest BCUT2D eigenvalue weighted by molar-refractivity contribution is -0.115. The third kappa shape index (κ3) is 3.18. The van der Waals surface area contributed by atoms with E-state index < -0.39 is 66.9 Å². The molecule has 0 N–H and O–H groups in total. The number of hydrogen-bond donors (Lipinski definition) is 0. The molecule has 1 aliphatic heterocycles. The highest BCUT2D eigenvalue weighted by Crippen LogP contribution is 2.41. The summed E-state index contributed by atoms with van der Waals surface area (Å²) in [6, 6.07) is 5.86. The molecule has 0 bridgehead atoms. The summed E-state index contributed by atoms with van der Waals surface area (Å²) in [5, 5.41) is 0. The van der Waals surface area contributed by atoms with E-state index in [0.717, 1.165) is 12.2 Å². The van der Waals surface area contributed by atoms with Crippen LogP contribution >= 0.6 is 0 Å². The number of rotatable bonds is 4. The maximum atomic E-state index is 13.1. The van der Waals surface area contributed by atoms with Crippen LogP contribution in [0.15, 0.2) is 47.6 Å². The van der Waals surface area contributed by atoms with Crippen LogP contribution < -0.4 is 0 Å². The zero-order valence-corrected chi connectivity index (χ0v) is 17.7. The molecule has 1 saturated heterocycles. The lowest BCUT2D eigenvalue weighted by Gasteiger charge is -2.29. The molecule has 2 aliphatic rings. The van der Waals surface area contributed by atoms with E-state index in [0.29, 0.717) is 0 Å². The van der Waals surface area contributed by atoms with Crippen LogP contribution in [0.3, 0.4) is 0 Å². The molecule has 160 valence electrons. The Kier molecular flexibility index (Phi) is 5.67. The molecule has 0 atom stereocenters.